The first-order chi connectivity index (χ1) is 12.4. The summed E-state index contributed by atoms with van der Waals surface area (Å²) in [4.78, 5) is 0. The molecule has 0 radical (unpaired) electrons. The van der Waals surface area contributed by atoms with E-state index in [2.05, 4.69) is 4.74 Å². The van der Waals surface area contributed by atoms with Gasteiger partial charge < -0.3 is 19.3 Å². The molecule has 0 saturated heterocycles. The molecule has 4 nitrogen and oxygen atoms in total. The van der Waals surface area contributed by atoms with E-state index in [4.69, 9.17) is 9.47 Å². The summed E-state index contributed by atoms with van der Waals surface area (Å²) in [5.41, 5.74) is 0. The van der Waals surface area contributed by atoms with Crippen LogP contribution in [0.3, 0.4) is 0 Å². The lowest BCUT2D eigenvalue weighted by Gasteiger charge is -2.11. The zero-order valence-corrected chi connectivity index (χ0v) is 13.2. The molecule has 26 heavy (non-hydrogen) atoms. The van der Waals surface area contributed by atoms with E-state index in [0.29, 0.717) is 17.2 Å². The summed E-state index contributed by atoms with van der Waals surface area (Å²) in [6.07, 6.45) is -4.76. The number of halogens is 3. The Kier molecular flexibility index (Phi) is 4.88. The molecule has 0 aliphatic carbocycles. The second-order valence-electron chi connectivity index (χ2n) is 5.20. The summed E-state index contributed by atoms with van der Waals surface area (Å²) in [6.45, 7) is 0. The van der Waals surface area contributed by atoms with Crippen LogP contribution in [0.4, 0.5) is 13.2 Å². The summed E-state index contributed by atoms with van der Waals surface area (Å²) in [5.74, 6) is 1.32. The standard InChI is InChI=1S/C19H13F3O4/c20-19(21,22)26-18-6-2-5-17(12-18)25-15-9-7-14(8-10-15)24-16-4-1-3-13(23)11-16/h1-12,23H. The van der Waals surface area contributed by atoms with Crippen LogP contribution in [0.2, 0.25) is 0 Å². The van der Waals surface area contributed by atoms with E-state index in [-0.39, 0.29) is 17.2 Å². The van der Waals surface area contributed by atoms with E-state index >= 15 is 0 Å². The normalized spacial score (nSPS) is 11.0. The predicted molar refractivity (Wildman–Crippen MR) is 87.8 cm³/mol. The van der Waals surface area contributed by atoms with Crippen molar-refractivity contribution in [3.63, 3.8) is 0 Å². The smallest absolute Gasteiger partial charge is 0.508 e. The maximum absolute atomic E-state index is 12.3. The Labute approximate surface area is 147 Å². The molecule has 0 atom stereocenters. The zero-order chi connectivity index (χ0) is 18.6. The van der Waals surface area contributed by atoms with Crippen LogP contribution in [-0.4, -0.2) is 11.5 Å². The van der Waals surface area contributed by atoms with Crippen molar-refractivity contribution in [1.82, 2.24) is 0 Å². The Hall–Kier alpha value is -3.35. The Bertz CT molecular complexity index is 876. The molecule has 0 aromatic heterocycles. The van der Waals surface area contributed by atoms with Gasteiger partial charge in [-0.05, 0) is 48.5 Å². The minimum Gasteiger partial charge on any atom is -0.508 e. The molecule has 3 rings (SSSR count). The molecule has 0 bridgehead atoms. The monoisotopic (exact) mass is 362 g/mol. The molecule has 0 saturated carbocycles. The first kappa shape index (κ1) is 17.5. The van der Waals surface area contributed by atoms with Crippen molar-refractivity contribution in [2.75, 3.05) is 0 Å². The summed E-state index contributed by atoms with van der Waals surface area (Å²) in [6, 6.07) is 18.1. The van der Waals surface area contributed by atoms with E-state index in [0.717, 1.165) is 6.07 Å². The van der Waals surface area contributed by atoms with E-state index in [1.807, 2.05) is 0 Å². The molecule has 0 heterocycles. The third kappa shape index (κ3) is 5.07. The van der Waals surface area contributed by atoms with Gasteiger partial charge in [-0.3, -0.25) is 0 Å². The van der Waals surface area contributed by atoms with Gasteiger partial charge in [0.1, 0.15) is 34.5 Å². The highest BCUT2D eigenvalue weighted by Crippen LogP contribution is 2.31. The number of ether oxygens (including phenoxy) is 3. The topological polar surface area (TPSA) is 47.9 Å². The third-order valence-electron chi connectivity index (χ3n) is 3.15. The molecule has 0 fully saturated rings. The van der Waals surface area contributed by atoms with E-state index in [1.54, 1.807) is 36.4 Å². The van der Waals surface area contributed by atoms with Crippen molar-refractivity contribution < 1.29 is 32.5 Å². The van der Waals surface area contributed by atoms with Crippen molar-refractivity contribution in [3.05, 3.63) is 72.8 Å². The van der Waals surface area contributed by atoms with Gasteiger partial charge >= 0.3 is 6.36 Å². The number of aromatic hydroxyl groups is 1. The van der Waals surface area contributed by atoms with Gasteiger partial charge in [-0.15, -0.1) is 13.2 Å². The number of phenols is 1. The first-order valence-electron chi connectivity index (χ1n) is 7.48. The van der Waals surface area contributed by atoms with Crippen LogP contribution in [0.5, 0.6) is 34.5 Å². The molecule has 7 heteroatoms. The molecule has 0 amide bonds. The Morgan fingerprint density at radius 2 is 1.12 bits per heavy atom. The van der Waals surface area contributed by atoms with E-state index in [9.17, 15) is 18.3 Å². The Balaban J connectivity index is 1.67. The van der Waals surface area contributed by atoms with Crippen LogP contribution in [0.25, 0.3) is 0 Å². The summed E-state index contributed by atoms with van der Waals surface area (Å²) >= 11 is 0. The number of alkyl halides is 3. The Morgan fingerprint density at radius 3 is 1.65 bits per heavy atom. The van der Waals surface area contributed by atoms with Crippen LogP contribution in [0.1, 0.15) is 0 Å². The second-order valence-corrected chi connectivity index (χ2v) is 5.20. The van der Waals surface area contributed by atoms with E-state index < -0.39 is 6.36 Å². The largest absolute Gasteiger partial charge is 0.573 e. The summed E-state index contributed by atoms with van der Waals surface area (Å²) in [5, 5.41) is 9.41. The van der Waals surface area contributed by atoms with Gasteiger partial charge in [0, 0.05) is 12.1 Å². The molecule has 0 spiro atoms. The van der Waals surface area contributed by atoms with Gasteiger partial charge in [0.25, 0.3) is 0 Å². The molecule has 3 aromatic rings. The predicted octanol–water partition coefficient (Wildman–Crippen LogP) is 5.88. The highest BCUT2D eigenvalue weighted by atomic mass is 19.4. The lowest BCUT2D eigenvalue weighted by atomic mass is 10.3. The number of rotatable bonds is 5. The van der Waals surface area contributed by atoms with Crippen molar-refractivity contribution in [2.24, 2.45) is 0 Å². The fourth-order valence-electron chi connectivity index (χ4n) is 2.13. The zero-order valence-electron chi connectivity index (χ0n) is 13.2. The van der Waals surface area contributed by atoms with Crippen LogP contribution in [0, 0.1) is 0 Å². The summed E-state index contributed by atoms with van der Waals surface area (Å²) in [7, 11) is 0. The van der Waals surface area contributed by atoms with Crippen molar-refractivity contribution in [3.8, 4) is 34.5 Å². The molecule has 134 valence electrons. The average molecular weight is 362 g/mol. The molecule has 1 N–H and O–H groups in total. The lowest BCUT2D eigenvalue weighted by molar-refractivity contribution is -0.274. The number of benzene rings is 3. The number of hydrogen-bond acceptors (Lipinski definition) is 4. The third-order valence-corrected chi connectivity index (χ3v) is 3.15. The van der Waals surface area contributed by atoms with Gasteiger partial charge in [-0.1, -0.05) is 12.1 Å². The van der Waals surface area contributed by atoms with Crippen LogP contribution in [0.15, 0.2) is 72.8 Å². The first-order valence-corrected chi connectivity index (χ1v) is 7.48. The minimum atomic E-state index is -4.76. The fourth-order valence-corrected chi connectivity index (χ4v) is 2.13. The van der Waals surface area contributed by atoms with Gasteiger partial charge in [-0.25, -0.2) is 0 Å². The quantitative estimate of drug-likeness (QED) is 0.616. The van der Waals surface area contributed by atoms with E-state index in [1.165, 1.54) is 30.3 Å². The average Bonchev–Trinajstić information content (AvgIpc) is 2.55. The highest BCUT2D eigenvalue weighted by Gasteiger charge is 2.31. The molecule has 3 aromatic carbocycles. The number of phenolic OH excluding ortho intramolecular Hbond substituents is 1. The van der Waals surface area contributed by atoms with Crippen LogP contribution < -0.4 is 14.2 Å². The number of hydrogen-bond donors (Lipinski definition) is 1. The molecule has 0 unspecified atom stereocenters. The van der Waals surface area contributed by atoms with Gasteiger partial charge in [0.15, 0.2) is 0 Å². The van der Waals surface area contributed by atoms with Crippen LogP contribution in [-0.2, 0) is 0 Å². The lowest BCUT2D eigenvalue weighted by Crippen LogP contribution is -2.16. The second kappa shape index (κ2) is 7.26. The van der Waals surface area contributed by atoms with Crippen LogP contribution >= 0.6 is 0 Å². The summed E-state index contributed by atoms with van der Waals surface area (Å²) < 4.78 is 51.7. The van der Waals surface area contributed by atoms with Crippen molar-refractivity contribution in [2.45, 2.75) is 6.36 Å². The maximum Gasteiger partial charge on any atom is 0.573 e. The van der Waals surface area contributed by atoms with Gasteiger partial charge in [-0.2, -0.15) is 0 Å². The fraction of sp³-hybridized carbons (Fsp3) is 0.0526. The maximum atomic E-state index is 12.3. The molecular formula is C19H13F3O4. The minimum absolute atomic E-state index is 0.0865. The highest BCUT2D eigenvalue weighted by molar-refractivity contribution is 5.40. The van der Waals surface area contributed by atoms with Crippen molar-refractivity contribution in [1.29, 1.82) is 0 Å². The van der Waals surface area contributed by atoms with Gasteiger partial charge in [0.05, 0.1) is 0 Å². The Morgan fingerprint density at radius 1 is 0.615 bits per heavy atom. The SMILES string of the molecule is Oc1cccc(Oc2ccc(Oc3cccc(OC(F)(F)F)c3)cc2)c1. The molecular weight excluding hydrogens is 349 g/mol. The van der Waals surface area contributed by atoms with Gasteiger partial charge in [0.2, 0.25) is 0 Å². The molecule has 0 aliphatic rings. The molecule has 0 aliphatic heterocycles. The van der Waals surface area contributed by atoms with Crippen molar-refractivity contribution >= 4 is 0 Å².